The molecule has 0 spiro atoms. The van der Waals surface area contributed by atoms with Gasteiger partial charge in [0.05, 0.1) is 0 Å². The van der Waals surface area contributed by atoms with Crippen LogP contribution in [0.5, 0.6) is 0 Å². The van der Waals surface area contributed by atoms with E-state index in [1.165, 1.54) is 5.56 Å². The molecule has 0 radical (unpaired) electrons. The number of hydrogen-bond acceptors (Lipinski definition) is 3. The predicted molar refractivity (Wildman–Crippen MR) is 97.5 cm³/mol. The number of carbonyl (C=O) groups is 1. The highest BCUT2D eigenvalue weighted by atomic mass is 16.2. The molecule has 5 nitrogen and oxygen atoms in total. The minimum Gasteiger partial charge on any atom is -0.336 e. The summed E-state index contributed by atoms with van der Waals surface area (Å²) in [5.74, 6) is 0.425. The van der Waals surface area contributed by atoms with Crippen molar-refractivity contribution in [2.45, 2.75) is 32.7 Å². The van der Waals surface area contributed by atoms with E-state index in [0.717, 1.165) is 43.9 Å². The molecule has 1 unspecified atom stereocenters. The van der Waals surface area contributed by atoms with Crippen molar-refractivity contribution in [2.24, 2.45) is 5.41 Å². The minimum atomic E-state index is 0.0597. The number of carbonyl (C=O) groups excluding carboxylic acids is 1. The molecule has 1 aromatic carbocycles. The second-order valence-electron chi connectivity index (χ2n) is 8.15. The van der Waals surface area contributed by atoms with Crippen LogP contribution in [0.4, 0.5) is 0 Å². The molecule has 1 saturated heterocycles. The highest BCUT2D eigenvalue weighted by Gasteiger charge is 2.43. The van der Waals surface area contributed by atoms with Gasteiger partial charge in [0.2, 0.25) is 0 Å². The van der Waals surface area contributed by atoms with Crippen LogP contribution in [0, 0.1) is 5.41 Å². The maximum Gasteiger partial charge on any atom is 0.274 e. The van der Waals surface area contributed by atoms with Gasteiger partial charge in [0.1, 0.15) is 0 Å². The number of nitrogens with one attached hydrogen (secondary N) is 1. The van der Waals surface area contributed by atoms with Crippen LogP contribution < -0.4 is 0 Å². The number of aromatic nitrogens is 2. The molecule has 1 atom stereocenters. The van der Waals surface area contributed by atoms with Crippen molar-refractivity contribution < 1.29 is 4.79 Å². The predicted octanol–water partition coefficient (Wildman–Crippen LogP) is 2.66. The molecule has 25 heavy (non-hydrogen) atoms. The smallest absolute Gasteiger partial charge is 0.274 e. The topological polar surface area (TPSA) is 52.2 Å². The number of aromatic amines is 1. The molecule has 0 aliphatic carbocycles. The largest absolute Gasteiger partial charge is 0.336 e. The summed E-state index contributed by atoms with van der Waals surface area (Å²) in [5, 5.41) is 7.47. The van der Waals surface area contributed by atoms with Gasteiger partial charge in [-0.15, -0.1) is 0 Å². The van der Waals surface area contributed by atoms with Crippen molar-refractivity contribution in [1.29, 1.82) is 0 Å². The van der Waals surface area contributed by atoms with E-state index in [1.54, 1.807) is 0 Å². The van der Waals surface area contributed by atoms with Gasteiger partial charge in [0.15, 0.2) is 5.69 Å². The highest BCUT2D eigenvalue weighted by Crippen LogP contribution is 2.42. The van der Waals surface area contributed by atoms with E-state index in [4.69, 9.17) is 0 Å². The third-order valence-corrected chi connectivity index (χ3v) is 5.76. The lowest BCUT2D eigenvalue weighted by Crippen LogP contribution is -2.33. The number of nitrogens with zero attached hydrogens (tertiary/aromatic N) is 3. The third-order valence-electron chi connectivity index (χ3n) is 5.76. The van der Waals surface area contributed by atoms with Crippen LogP contribution in [-0.4, -0.2) is 52.6 Å². The Morgan fingerprint density at radius 3 is 2.80 bits per heavy atom. The van der Waals surface area contributed by atoms with Gasteiger partial charge in [-0.25, -0.2) is 0 Å². The standard InChI is InChI=1S/C20H26N4O/c1-20(2)13-24(12-16(20)14-7-5-4-6-8-14)19(25)18-15-11-23(3)10-9-17(15)21-22-18/h4-8,16H,9-13H2,1-3H3,(H,21,22). The fourth-order valence-corrected chi connectivity index (χ4v) is 4.29. The Labute approximate surface area is 149 Å². The minimum absolute atomic E-state index is 0.0597. The molecule has 2 aliphatic rings. The Morgan fingerprint density at radius 2 is 2.04 bits per heavy atom. The zero-order chi connectivity index (χ0) is 17.6. The highest BCUT2D eigenvalue weighted by molar-refractivity contribution is 5.94. The average molecular weight is 338 g/mol. The van der Waals surface area contributed by atoms with Gasteiger partial charge in [-0.2, -0.15) is 5.10 Å². The van der Waals surface area contributed by atoms with E-state index in [0.29, 0.717) is 11.6 Å². The Kier molecular flexibility index (Phi) is 3.91. The number of hydrogen-bond donors (Lipinski definition) is 1. The van der Waals surface area contributed by atoms with Crippen LogP contribution in [0.1, 0.15) is 47.1 Å². The molecule has 132 valence electrons. The second-order valence-corrected chi connectivity index (χ2v) is 8.15. The van der Waals surface area contributed by atoms with Crippen molar-refractivity contribution in [3.8, 4) is 0 Å². The quantitative estimate of drug-likeness (QED) is 0.916. The summed E-state index contributed by atoms with van der Waals surface area (Å²) < 4.78 is 0. The van der Waals surface area contributed by atoms with Crippen molar-refractivity contribution in [3.05, 3.63) is 52.8 Å². The molecule has 0 bridgehead atoms. The van der Waals surface area contributed by atoms with E-state index in [2.05, 4.69) is 60.3 Å². The Morgan fingerprint density at radius 1 is 1.28 bits per heavy atom. The number of fused-ring (bicyclic) bond motifs is 1. The van der Waals surface area contributed by atoms with Crippen LogP contribution >= 0.6 is 0 Å². The van der Waals surface area contributed by atoms with E-state index < -0.39 is 0 Å². The van der Waals surface area contributed by atoms with E-state index in [9.17, 15) is 4.79 Å². The Hall–Kier alpha value is -2.14. The molecule has 3 heterocycles. The van der Waals surface area contributed by atoms with Gasteiger partial charge in [-0.05, 0) is 18.0 Å². The van der Waals surface area contributed by atoms with Gasteiger partial charge < -0.3 is 9.80 Å². The van der Waals surface area contributed by atoms with Crippen molar-refractivity contribution in [3.63, 3.8) is 0 Å². The summed E-state index contributed by atoms with van der Waals surface area (Å²) in [5.41, 5.74) is 4.20. The molecule has 2 aliphatic heterocycles. The van der Waals surface area contributed by atoms with Crippen LogP contribution in [0.3, 0.4) is 0 Å². The number of likely N-dealkylation sites (tertiary alicyclic amines) is 1. The fraction of sp³-hybridized carbons (Fsp3) is 0.500. The third kappa shape index (κ3) is 2.86. The first-order valence-electron chi connectivity index (χ1n) is 9.04. The molecular weight excluding hydrogens is 312 g/mol. The summed E-state index contributed by atoms with van der Waals surface area (Å²) in [7, 11) is 2.09. The van der Waals surface area contributed by atoms with Crippen molar-refractivity contribution in [2.75, 3.05) is 26.7 Å². The molecular formula is C20H26N4O. The van der Waals surface area contributed by atoms with Crippen LogP contribution in [0.25, 0.3) is 0 Å². The summed E-state index contributed by atoms with van der Waals surface area (Å²) in [6.45, 7) is 7.84. The van der Waals surface area contributed by atoms with Crippen molar-refractivity contribution in [1.82, 2.24) is 20.0 Å². The Balaban J connectivity index is 1.59. The summed E-state index contributed by atoms with van der Waals surface area (Å²) in [6.07, 6.45) is 0.935. The molecule has 2 aromatic rings. The summed E-state index contributed by atoms with van der Waals surface area (Å²) >= 11 is 0. The lowest BCUT2D eigenvalue weighted by molar-refractivity contribution is 0.0770. The van der Waals surface area contributed by atoms with E-state index >= 15 is 0 Å². The first-order valence-corrected chi connectivity index (χ1v) is 9.04. The van der Waals surface area contributed by atoms with Gasteiger partial charge in [0, 0.05) is 49.8 Å². The number of amides is 1. The molecule has 0 saturated carbocycles. The normalized spacial score (nSPS) is 22.8. The first kappa shape index (κ1) is 16.3. The monoisotopic (exact) mass is 338 g/mol. The SMILES string of the molecule is CN1CCc2[nH]nc(C(=O)N3CC(c4ccccc4)C(C)(C)C3)c2C1. The number of likely N-dealkylation sites (N-methyl/N-ethyl adjacent to an activating group) is 1. The van der Waals surface area contributed by atoms with Gasteiger partial charge >= 0.3 is 0 Å². The fourth-order valence-electron chi connectivity index (χ4n) is 4.29. The Bertz CT molecular complexity index is 780. The molecule has 4 rings (SSSR count). The molecule has 1 amide bonds. The number of benzene rings is 1. The van der Waals surface area contributed by atoms with Crippen LogP contribution in [-0.2, 0) is 13.0 Å². The summed E-state index contributed by atoms with van der Waals surface area (Å²) in [4.78, 5) is 17.4. The van der Waals surface area contributed by atoms with Crippen LogP contribution in [0.2, 0.25) is 0 Å². The number of rotatable bonds is 2. The van der Waals surface area contributed by atoms with Crippen molar-refractivity contribution >= 4 is 5.91 Å². The summed E-state index contributed by atoms with van der Waals surface area (Å²) in [6, 6.07) is 10.5. The lowest BCUT2D eigenvalue weighted by atomic mass is 9.78. The zero-order valence-electron chi connectivity index (χ0n) is 15.2. The van der Waals surface area contributed by atoms with E-state index in [-0.39, 0.29) is 11.3 Å². The molecule has 1 N–H and O–H groups in total. The van der Waals surface area contributed by atoms with Gasteiger partial charge in [-0.3, -0.25) is 9.89 Å². The lowest BCUT2D eigenvalue weighted by Gasteiger charge is -2.25. The maximum absolute atomic E-state index is 13.2. The second kappa shape index (κ2) is 5.99. The molecule has 1 aromatic heterocycles. The zero-order valence-corrected chi connectivity index (χ0v) is 15.2. The van der Waals surface area contributed by atoms with Gasteiger partial charge in [0.25, 0.3) is 5.91 Å². The number of H-pyrrole nitrogens is 1. The van der Waals surface area contributed by atoms with E-state index in [1.807, 2.05) is 11.0 Å². The average Bonchev–Trinajstić information content (AvgIpc) is 3.15. The van der Waals surface area contributed by atoms with Gasteiger partial charge in [-0.1, -0.05) is 44.2 Å². The maximum atomic E-state index is 13.2. The first-order chi connectivity index (χ1) is 12.0. The molecule has 1 fully saturated rings. The molecule has 5 heteroatoms. The van der Waals surface area contributed by atoms with Crippen LogP contribution in [0.15, 0.2) is 30.3 Å².